The van der Waals surface area contributed by atoms with Gasteiger partial charge in [-0.2, -0.15) is 0 Å². The maximum Gasteiger partial charge on any atom is 0.126 e. The molecule has 1 fully saturated rings. The van der Waals surface area contributed by atoms with Crippen LogP contribution in [-0.2, 0) is 0 Å². The van der Waals surface area contributed by atoms with Gasteiger partial charge >= 0.3 is 0 Å². The van der Waals surface area contributed by atoms with Crippen molar-refractivity contribution in [1.29, 1.82) is 0 Å². The topological polar surface area (TPSA) is 29.5 Å². The Balaban J connectivity index is 2.14. The van der Waals surface area contributed by atoms with Crippen LogP contribution in [0.25, 0.3) is 0 Å². The fourth-order valence-electron chi connectivity index (χ4n) is 2.70. The Kier molecular flexibility index (Phi) is 4.30. The third-order valence-electron chi connectivity index (χ3n) is 3.60. The van der Waals surface area contributed by atoms with E-state index in [1.807, 2.05) is 12.1 Å². The van der Waals surface area contributed by atoms with E-state index in [9.17, 15) is 5.11 Å². The van der Waals surface area contributed by atoms with Gasteiger partial charge in [-0.3, -0.25) is 0 Å². The molecule has 1 aliphatic carbocycles. The molecule has 0 bridgehead atoms. The Morgan fingerprint density at radius 1 is 1.41 bits per heavy atom. The number of hydrogen-bond acceptors (Lipinski definition) is 2. The molecule has 3 heteroatoms. The van der Waals surface area contributed by atoms with Crippen molar-refractivity contribution in [2.75, 3.05) is 7.11 Å². The highest BCUT2D eigenvalue weighted by atomic mass is 35.5. The van der Waals surface area contributed by atoms with Crippen molar-refractivity contribution < 1.29 is 9.84 Å². The van der Waals surface area contributed by atoms with E-state index in [0.29, 0.717) is 16.7 Å². The van der Waals surface area contributed by atoms with Gasteiger partial charge in [-0.15, -0.1) is 0 Å². The van der Waals surface area contributed by atoms with E-state index >= 15 is 0 Å². The monoisotopic (exact) mass is 254 g/mol. The predicted octanol–water partition coefficient (Wildman–Crippen LogP) is 3.96. The lowest BCUT2D eigenvalue weighted by Gasteiger charge is -2.19. The molecule has 17 heavy (non-hydrogen) atoms. The Hall–Kier alpha value is -0.730. The maximum absolute atomic E-state index is 10.3. The lowest BCUT2D eigenvalue weighted by Crippen LogP contribution is -2.06. The molecule has 0 spiro atoms. The maximum atomic E-state index is 10.3. The lowest BCUT2D eigenvalue weighted by molar-refractivity contribution is 0.141. The van der Waals surface area contributed by atoms with Crippen LogP contribution in [0.5, 0.6) is 5.75 Å². The number of benzene rings is 1. The first-order valence-electron chi connectivity index (χ1n) is 6.23. The third-order valence-corrected chi connectivity index (χ3v) is 3.93. The van der Waals surface area contributed by atoms with Gasteiger partial charge in [-0.1, -0.05) is 43.4 Å². The molecule has 1 aromatic carbocycles. The van der Waals surface area contributed by atoms with Gasteiger partial charge in [-0.25, -0.2) is 0 Å². The summed E-state index contributed by atoms with van der Waals surface area (Å²) in [5.74, 6) is 1.31. The largest absolute Gasteiger partial charge is 0.496 e. The van der Waals surface area contributed by atoms with Gasteiger partial charge in [0.05, 0.1) is 18.2 Å². The van der Waals surface area contributed by atoms with Crippen LogP contribution in [0.1, 0.15) is 43.8 Å². The minimum Gasteiger partial charge on any atom is -0.496 e. The molecule has 1 unspecified atom stereocenters. The minimum absolute atomic E-state index is 0.512. The molecule has 94 valence electrons. The van der Waals surface area contributed by atoms with E-state index < -0.39 is 6.10 Å². The number of halogens is 1. The molecular formula is C14H19ClO2. The van der Waals surface area contributed by atoms with Crippen LogP contribution >= 0.6 is 11.6 Å². The van der Waals surface area contributed by atoms with Crippen LogP contribution in [0.3, 0.4) is 0 Å². The highest BCUT2D eigenvalue weighted by molar-refractivity contribution is 6.31. The van der Waals surface area contributed by atoms with Crippen molar-refractivity contribution in [3.63, 3.8) is 0 Å². The fraction of sp³-hybridized carbons (Fsp3) is 0.571. The van der Waals surface area contributed by atoms with Gasteiger partial charge in [-0.05, 0) is 24.5 Å². The molecule has 0 saturated heterocycles. The van der Waals surface area contributed by atoms with Gasteiger partial charge in [0.1, 0.15) is 5.75 Å². The summed E-state index contributed by atoms with van der Waals surface area (Å²) in [6, 6.07) is 5.49. The van der Waals surface area contributed by atoms with E-state index in [0.717, 1.165) is 12.0 Å². The van der Waals surface area contributed by atoms with Gasteiger partial charge in [0.15, 0.2) is 0 Å². The van der Waals surface area contributed by atoms with Crippen molar-refractivity contribution in [2.45, 2.75) is 38.2 Å². The first-order chi connectivity index (χ1) is 8.22. The van der Waals surface area contributed by atoms with Crippen molar-refractivity contribution in [1.82, 2.24) is 0 Å². The molecule has 0 radical (unpaired) electrons. The Morgan fingerprint density at radius 2 is 2.12 bits per heavy atom. The summed E-state index contributed by atoms with van der Waals surface area (Å²) in [4.78, 5) is 0. The van der Waals surface area contributed by atoms with Crippen LogP contribution in [0, 0.1) is 5.92 Å². The first kappa shape index (κ1) is 12.7. The van der Waals surface area contributed by atoms with Gasteiger partial charge < -0.3 is 9.84 Å². The average Bonchev–Trinajstić information content (AvgIpc) is 2.81. The van der Waals surface area contributed by atoms with Gasteiger partial charge in [0.25, 0.3) is 0 Å². The van der Waals surface area contributed by atoms with Gasteiger partial charge in [0.2, 0.25) is 0 Å². The van der Waals surface area contributed by atoms with E-state index in [1.165, 1.54) is 25.7 Å². The number of aliphatic hydroxyl groups excluding tert-OH is 1. The SMILES string of the molecule is COc1cccc(Cl)c1C(O)CC1CCCC1. The van der Waals surface area contributed by atoms with Crippen molar-refractivity contribution >= 4 is 11.6 Å². The Bertz CT molecular complexity index is 372. The summed E-state index contributed by atoms with van der Waals surface area (Å²) in [7, 11) is 1.61. The number of methoxy groups -OCH3 is 1. The van der Waals surface area contributed by atoms with Crippen LogP contribution in [0.15, 0.2) is 18.2 Å². The molecule has 0 aromatic heterocycles. The first-order valence-corrected chi connectivity index (χ1v) is 6.60. The van der Waals surface area contributed by atoms with E-state index in [-0.39, 0.29) is 0 Å². The standard InChI is InChI=1S/C14H19ClO2/c1-17-13-8-4-7-11(15)14(13)12(16)9-10-5-2-3-6-10/h4,7-8,10,12,16H,2-3,5-6,9H2,1H3. The second kappa shape index (κ2) is 5.74. The summed E-state index contributed by atoms with van der Waals surface area (Å²) in [5, 5.41) is 10.9. The summed E-state index contributed by atoms with van der Waals surface area (Å²) in [6.45, 7) is 0. The number of ether oxygens (including phenoxy) is 1. The molecule has 0 aliphatic heterocycles. The van der Waals surface area contributed by atoms with Crippen molar-refractivity contribution in [3.05, 3.63) is 28.8 Å². The molecule has 1 aromatic rings. The quantitative estimate of drug-likeness (QED) is 0.881. The van der Waals surface area contributed by atoms with Crippen LogP contribution in [-0.4, -0.2) is 12.2 Å². The second-order valence-corrected chi connectivity index (χ2v) is 5.16. The second-order valence-electron chi connectivity index (χ2n) is 4.76. The number of aliphatic hydroxyl groups is 1. The molecule has 1 atom stereocenters. The number of hydrogen-bond donors (Lipinski definition) is 1. The number of rotatable bonds is 4. The van der Waals surface area contributed by atoms with E-state index in [4.69, 9.17) is 16.3 Å². The summed E-state index contributed by atoms with van der Waals surface area (Å²) in [5.41, 5.74) is 0.739. The molecule has 1 N–H and O–H groups in total. The highest BCUT2D eigenvalue weighted by Crippen LogP contribution is 2.38. The molecule has 1 saturated carbocycles. The van der Waals surface area contributed by atoms with Crippen LogP contribution < -0.4 is 4.74 Å². The highest BCUT2D eigenvalue weighted by Gasteiger charge is 2.23. The molecule has 2 rings (SSSR count). The van der Waals surface area contributed by atoms with E-state index in [2.05, 4.69) is 0 Å². The molecule has 0 heterocycles. The predicted molar refractivity (Wildman–Crippen MR) is 69.5 cm³/mol. The summed E-state index contributed by atoms with van der Waals surface area (Å²) in [6.07, 6.45) is 5.31. The Labute approximate surface area is 108 Å². The van der Waals surface area contributed by atoms with Crippen LogP contribution in [0.4, 0.5) is 0 Å². The third kappa shape index (κ3) is 2.93. The lowest BCUT2D eigenvalue weighted by atomic mass is 9.95. The zero-order chi connectivity index (χ0) is 12.3. The van der Waals surface area contributed by atoms with Gasteiger partial charge in [0, 0.05) is 5.56 Å². The summed E-state index contributed by atoms with van der Waals surface area (Å²) >= 11 is 6.15. The van der Waals surface area contributed by atoms with E-state index in [1.54, 1.807) is 13.2 Å². The molecule has 2 nitrogen and oxygen atoms in total. The van der Waals surface area contributed by atoms with Crippen molar-refractivity contribution in [3.8, 4) is 5.75 Å². The average molecular weight is 255 g/mol. The Morgan fingerprint density at radius 3 is 2.76 bits per heavy atom. The molecule has 0 amide bonds. The molecule has 1 aliphatic rings. The fourth-order valence-corrected chi connectivity index (χ4v) is 2.99. The smallest absolute Gasteiger partial charge is 0.126 e. The summed E-state index contributed by atoms with van der Waals surface area (Å²) < 4.78 is 5.27. The van der Waals surface area contributed by atoms with Crippen molar-refractivity contribution in [2.24, 2.45) is 5.92 Å². The zero-order valence-electron chi connectivity index (χ0n) is 10.2. The molecular weight excluding hydrogens is 236 g/mol. The minimum atomic E-state index is -0.512. The zero-order valence-corrected chi connectivity index (χ0v) is 10.9. The van der Waals surface area contributed by atoms with Crippen LogP contribution in [0.2, 0.25) is 5.02 Å². The normalized spacial score (nSPS) is 18.3.